The standard InChI is InChI=1S/C31H32ClNO6/c1-3-37-31(35)24-14-15-38-27-18-28(26(32)17-25(24)27)39-23-12-10-22(11-13-23)30(34)33-29(36-2)16-19-4-6-20(7-5-19)21-8-9-21/h4-7,10-13,17-18,21,24,29H,3,8-9,14-16H2,1-2H3,(H,33,34). The van der Waals surface area contributed by atoms with Crippen molar-refractivity contribution in [2.75, 3.05) is 20.3 Å². The lowest BCUT2D eigenvalue weighted by Crippen LogP contribution is -2.37. The number of carbonyl (C=O) groups is 2. The number of carbonyl (C=O) groups excluding carboxylic acids is 2. The zero-order valence-electron chi connectivity index (χ0n) is 22.1. The van der Waals surface area contributed by atoms with Crippen molar-refractivity contribution in [3.05, 3.63) is 87.9 Å². The van der Waals surface area contributed by atoms with E-state index in [4.69, 9.17) is 30.5 Å². The second-order valence-electron chi connectivity index (χ2n) is 9.81. The molecule has 1 aliphatic heterocycles. The third kappa shape index (κ3) is 6.54. The Kier molecular flexibility index (Phi) is 8.38. The van der Waals surface area contributed by atoms with Crippen LogP contribution in [0, 0.1) is 0 Å². The van der Waals surface area contributed by atoms with Gasteiger partial charge in [-0.1, -0.05) is 35.9 Å². The van der Waals surface area contributed by atoms with Gasteiger partial charge in [-0.2, -0.15) is 0 Å². The normalized spacial score (nSPS) is 16.9. The Labute approximate surface area is 233 Å². The summed E-state index contributed by atoms with van der Waals surface area (Å²) in [5, 5.41) is 3.29. The van der Waals surface area contributed by atoms with Crippen LogP contribution in [0.2, 0.25) is 5.02 Å². The van der Waals surface area contributed by atoms with Crippen molar-refractivity contribution in [2.45, 2.75) is 50.7 Å². The van der Waals surface area contributed by atoms with Crippen molar-refractivity contribution in [2.24, 2.45) is 0 Å². The van der Waals surface area contributed by atoms with Gasteiger partial charge in [0.05, 0.1) is 24.2 Å². The molecule has 0 bridgehead atoms. The molecule has 1 N–H and O–H groups in total. The van der Waals surface area contributed by atoms with Gasteiger partial charge < -0.3 is 24.3 Å². The summed E-state index contributed by atoms with van der Waals surface area (Å²) in [5.74, 6) is 1.20. The maximum atomic E-state index is 12.9. The lowest BCUT2D eigenvalue weighted by molar-refractivity contribution is -0.145. The number of rotatable bonds is 10. The lowest BCUT2D eigenvalue weighted by atomic mass is 9.93. The molecule has 204 valence electrons. The van der Waals surface area contributed by atoms with Crippen LogP contribution in [-0.4, -0.2) is 38.4 Å². The van der Waals surface area contributed by atoms with Gasteiger partial charge in [0.1, 0.15) is 23.5 Å². The molecule has 7 nitrogen and oxygen atoms in total. The molecular weight excluding hydrogens is 518 g/mol. The van der Waals surface area contributed by atoms with E-state index in [2.05, 4.69) is 29.6 Å². The first-order valence-corrected chi connectivity index (χ1v) is 13.7. The van der Waals surface area contributed by atoms with Crippen LogP contribution in [0.3, 0.4) is 0 Å². The molecule has 2 atom stereocenters. The Bertz CT molecular complexity index is 1320. The van der Waals surface area contributed by atoms with Crippen molar-refractivity contribution in [1.29, 1.82) is 0 Å². The Morgan fingerprint density at radius 2 is 1.79 bits per heavy atom. The molecule has 1 heterocycles. The smallest absolute Gasteiger partial charge is 0.313 e. The quantitative estimate of drug-likeness (QED) is 0.233. The fraction of sp³-hybridized carbons (Fsp3) is 0.355. The average molecular weight is 550 g/mol. The first-order valence-electron chi connectivity index (χ1n) is 13.3. The molecule has 3 aromatic carbocycles. The maximum absolute atomic E-state index is 12.9. The Morgan fingerprint density at radius 1 is 1.05 bits per heavy atom. The van der Waals surface area contributed by atoms with Gasteiger partial charge in [-0.3, -0.25) is 9.59 Å². The number of methoxy groups -OCH3 is 1. The number of nitrogens with one attached hydrogen (secondary N) is 1. The fourth-order valence-corrected chi connectivity index (χ4v) is 4.95. The first-order chi connectivity index (χ1) is 18.9. The van der Waals surface area contributed by atoms with Crippen molar-refractivity contribution in [1.82, 2.24) is 5.32 Å². The van der Waals surface area contributed by atoms with E-state index in [1.807, 2.05) is 0 Å². The summed E-state index contributed by atoms with van der Waals surface area (Å²) in [5.41, 5.74) is 3.65. The molecule has 0 radical (unpaired) electrons. The summed E-state index contributed by atoms with van der Waals surface area (Å²) in [6.45, 7) is 2.49. The summed E-state index contributed by atoms with van der Waals surface area (Å²) >= 11 is 6.50. The second-order valence-corrected chi connectivity index (χ2v) is 10.2. The van der Waals surface area contributed by atoms with Gasteiger partial charge in [-0.15, -0.1) is 0 Å². The maximum Gasteiger partial charge on any atom is 0.313 e. The van der Waals surface area contributed by atoms with E-state index in [0.717, 1.165) is 5.56 Å². The van der Waals surface area contributed by atoms with Crippen molar-refractivity contribution in [3.8, 4) is 17.2 Å². The number of esters is 1. The van der Waals surface area contributed by atoms with Crippen LogP contribution in [0.5, 0.6) is 17.2 Å². The van der Waals surface area contributed by atoms with Crippen LogP contribution in [-0.2, 0) is 20.7 Å². The van der Waals surface area contributed by atoms with Gasteiger partial charge in [0.25, 0.3) is 5.91 Å². The van der Waals surface area contributed by atoms with E-state index in [9.17, 15) is 9.59 Å². The fourth-order valence-electron chi connectivity index (χ4n) is 4.74. The van der Waals surface area contributed by atoms with Gasteiger partial charge in [0.15, 0.2) is 0 Å². The summed E-state index contributed by atoms with van der Waals surface area (Å²) in [7, 11) is 1.58. The van der Waals surface area contributed by atoms with Crippen LogP contribution >= 0.6 is 11.6 Å². The number of ether oxygens (including phenoxy) is 4. The van der Waals surface area contributed by atoms with Crippen LogP contribution in [0.25, 0.3) is 0 Å². The highest BCUT2D eigenvalue weighted by atomic mass is 35.5. The number of hydrogen-bond acceptors (Lipinski definition) is 6. The Hall–Kier alpha value is -3.55. The summed E-state index contributed by atoms with van der Waals surface area (Å²) in [6, 6.07) is 18.7. The third-order valence-corrected chi connectivity index (χ3v) is 7.34. The first kappa shape index (κ1) is 27.0. The zero-order valence-corrected chi connectivity index (χ0v) is 22.8. The molecule has 1 aliphatic carbocycles. The van der Waals surface area contributed by atoms with Crippen molar-refractivity contribution < 1.29 is 28.5 Å². The largest absolute Gasteiger partial charge is 0.493 e. The molecule has 3 aromatic rings. The van der Waals surface area contributed by atoms with E-state index >= 15 is 0 Å². The van der Waals surface area contributed by atoms with E-state index in [-0.39, 0.29) is 11.9 Å². The average Bonchev–Trinajstić information content (AvgIpc) is 3.79. The SMILES string of the molecule is CCOC(=O)C1CCOc2cc(Oc3ccc(C(=O)NC(Cc4ccc(C5CC5)cc4)OC)cc3)c(Cl)cc21. The molecule has 0 saturated heterocycles. The lowest BCUT2D eigenvalue weighted by Gasteiger charge is -2.25. The highest BCUT2D eigenvalue weighted by molar-refractivity contribution is 6.32. The van der Waals surface area contributed by atoms with Gasteiger partial charge in [-0.25, -0.2) is 0 Å². The van der Waals surface area contributed by atoms with Crippen LogP contribution in [0.4, 0.5) is 0 Å². The van der Waals surface area contributed by atoms with Gasteiger partial charge in [-0.05, 0) is 73.6 Å². The molecule has 2 unspecified atom stereocenters. The van der Waals surface area contributed by atoms with Crippen molar-refractivity contribution in [3.63, 3.8) is 0 Å². The topological polar surface area (TPSA) is 83.1 Å². The predicted octanol–water partition coefficient (Wildman–Crippen LogP) is 6.38. The zero-order chi connectivity index (χ0) is 27.4. The molecule has 39 heavy (non-hydrogen) atoms. The highest BCUT2D eigenvalue weighted by Crippen LogP contribution is 2.42. The summed E-state index contributed by atoms with van der Waals surface area (Å²) in [4.78, 5) is 25.2. The summed E-state index contributed by atoms with van der Waals surface area (Å²) in [6.07, 6.45) is 3.19. The van der Waals surface area contributed by atoms with E-state index in [1.165, 1.54) is 18.4 Å². The number of halogens is 1. The van der Waals surface area contributed by atoms with Gasteiger partial charge in [0.2, 0.25) is 0 Å². The minimum Gasteiger partial charge on any atom is -0.493 e. The Balaban J connectivity index is 1.21. The second kappa shape index (κ2) is 12.1. The highest BCUT2D eigenvalue weighted by Gasteiger charge is 2.30. The number of hydrogen-bond donors (Lipinski definition) is 1. The Morgan fingerprint density at radius 3 is 2.46 bits per heavy atom. The molecule has 1 saturated carbocycles. The van der Waals surface area contributed by atoms with Crippen molar-refractivity contribution >= 4 is 23.5 Å². The molecule has 0 spiro atoms. The van der Waals surface area contributed by atoms with Crippen LogP contribution in [0.15, 0.2) is 60.7 Å². The number of fused-ring (bicyclic) bond motifs is 1. The number of amides is 1. The predicted molar refractivity (Wildman–Crippen MR) is 148 cm³/mol. The third-order valence-electron chi connectivity index (χ3n) is 7.05. The molecular formula is C31H32ClNO6. The molecule has 5 rings (SSSR count). The monoisotopic (exact) mass is 549 g/mol. The van der Waals surface area contributed by atoms with Crippen LogP contribution in [0.1, 0.15) is 65.1 Å². The minimum atomic E-state index is -0.451. The van der Waals surface area contributed by atoms with Crippen LogP contribution < -0.4 is 14.8 Å². The number of benzene rings is 3. The van der Waals surface area contributed by atoms with E-state index in [0.29, 0.717) is 65.4 Å². The van der Waals surface area contributed by atoms with Gasteiger partial charge in [0, 0.05) is 30.7 Å². The molecule has 1 amide bonds. The molecule has 0 aromatic heterocycles. The molecule has 8 heteroatoms. The van der Waals surface area contributed by atoms with E-state index in [1.54, 1.807) is 50.4 Å². The van der Waals surface area contributed by atoms with Gasteiger partial charge >= 0.3 is 5.97 Å². The summed E-state index contributed by atoms with van der Waals surface area (Å²) < 4.78 is 22.5. The minimum absolute atomic E-state index is 0.242. The van der Waals surface area contributed by atoms with E-state index < -0.39 is 12.1 Å². The molecule has 2 aliphatic rings. The molecule has 1 fully saturated rings.